The van der Waals surface area contributed by atoms with Crippen LogP contribution in [0.3, 0.4) is 0 Å². The van der Waals surface area contributed by atoms with Crippen LogP contribution in [0.5, 0.6) is 0 Å². The zero-order chi connectivity index (χ0) is 23.4. The molecule has 0 radical (unpaired) electrons. The molecule has 0 amide bonds. The van der Waals surface area contributed by atoms with E-state index in [-0.39, 0.29) is 5.56 Å². The topological polar surface area (TPSA) is 70.5 Å². The van der Waals surface area contributed by atoms with Crippen molar-refractivity contribution < 1.29 is 0 Å². The lowest BCUT2D eigenvalue weighted by molar-refractivity contribution is 0.699. The average Bonchev–Trinajstić information content (AvgIpc) is 3.66. The van der Waals surface area contributed by atoms with E-state index in [0.717, 1.165) is 47.1 Å². The highest BCUT2D eigenvalue weighted by atomic mass is 16.1. The lowest BCUT2D eigenvalue weighted by atomic mass is 10.1. The highest BCUT2D eigenvalue weighted by Gasteiger charge is 2.25. The van der Waals surface area contributed by atoms with Gasteiger partial charge in [0.15, 0.2) is 5.69 Å². The first kappa shape index (κ1) is 19.9. The molecule has 7 nitrogen and oxygen atoms in total. The third-order valence-corrected chi connectivity index (χ3v) is 6.86. The number of aryl methyl sites for hydroxylation is 1. The van der Waals surface area contributed by atoms with Crippen LogP contribution in [-0.4, -0.2) is 29.3 Å². The lowest BCUT2D eigenvalue weighted by Crippen LogP contribution is -2.18. The summed E-state index contributed by atoms with van der Waals surface area (Å²) in [5.74, 6) is 0. The molecule has 1 aliphatic carbocycles. The molecule has 0 bridgehead atoms. The molecule has 0 atom stereocenters. The van der Waals surface area contributed by atoms with Crippen molar-refractivity contribution in [3.05, 3.63) is 112 Å². The molecule has 1 aromatic heterocycles. The van der Waals surface area contributed by atoms with Gasteiger partial charge in [0.05, 0.1) is 23.4 Å². The Morgan fingerprint density at radius 2 is 1.71 bits per heavy atom. The van der Waals surface area contributed by atoms with Crippen LogP contribution >= 0.6 is 0 Å². The molecule has 170 valence electrons. The van der Waals surface area contributed by atoms with E-state index in [0.29, 0.717) is 17.9 Å². The Morgan fingerprint density at radius 1 is 0.829 bits per heavy atom. The van der Waals surface area contributed by atoms with Gasteiger partial charge < -0.3 is 0 Å². The van der Waals surface area contributed by atoms with Crippen LogP contribution in [0.1, 0.15) is 23.1 Å². The van der Waals surface area contributed by atoms with Gasteiger partial charge >= 0.3 is 5.56 Å². The number of hydrogen-bond acceptors (Lipinski definition) is 4. The summed E-state index contributed by atoms with van der Waals surface area (Å²) in [4.78, 5) is 13.6. The highest BCUT2D eigenvalue weighted by molar-refractivity contribution is 5.92. The molecule has 3 aromatic carbocycles. The van der Waals surface area contributed by atoms with Crippen molar-refractivity contribution in [2.24, 2.45) is 0 Å². The summed E-state index contributed by atoms with van der Waals surface area (Å²) in [6, 6.07) is 24.3. The number of nitrogens with zero attached hydrogens (tertiary/aromatic N) is 6. The molecule has 3 aliphatic rings. The number of rotatable bonds is 4. The summed E-state index contributed by atoms with van der Waals surface area (Å²) in [6.07, 6.45) is 6.83. The van der Waals surface area contributed by atoms with Gasteiger partial charge in [-0.05, 0) is 66.3 Å². The Bertz CT molecular complexity index is 1710. The molecule has 0 fully saturated rings. The van der Waals surface area contributed by atoms with E-state index in [1.165, 1.54) is 11.1 Å². The van der Waals surface area contributed by atoms with Crippen molar-refractivity contribution in [2.45, 2.75) is 25.8 Å². The number of aromatic nitrogens is 6. The summed E-state index contributed by atoms with van der Waals surface area (Å²) < 4.78 is 5.29. The minimum Gasteiger partial charge on any atom is -0.265 e. The first-order chi connectivity index (χ1) is 17.3. The van der Waals surface area contributed by atoms with Gasteiger partial charge in [0, 0.05) is 17.8 Å². The first-order valence-corrected chi connectivity index (χ1v) is 11.8. The largest absolute Gasteiger partial charge is 0.301 e. The maximum atomic E-state index is 13.6. The van der Waals surface area contributed by atoms with Crippen molar-refractivity contribution in [1.82, 2.24) is 29.3 Å². The van der Waals surface area contributed by atoms with E-state index in [2.05, 4.69) is 23.3 Å². The van der Waals surface area contributed by atoms with Crippen LogP contribution < -0.4 is 5.56 Å². The Labute approximate surface area is 201 Å². The van der Waals surface area contributed by atoms with E-state index < -0.39 is 0 Å². The van der Waals surface area contributed by atoms with Crippen LogP contribution in [0.2, 0.25) is 0 Å². The zero-order valence-corrected chi connectivity index (χ0v) is 19.0. The molecule has 7 heteroatoms. The minimum absolute atomic E-state index is 0.172. The second kappa shape index (κ2) is 7.77. The van der Waals surface area contributed by atoms with Gasteiger partial charge in [-0.3, -0.25) is 9.48 Å². The standard InChI is InChI=1S/C28H22N6O/c35-28-27-26(31-34(28)25-11-4-7-20-6-3-9-22(20)25)23-8-1-2-10-24(23)33(30-27)18-19-12-14-21(15-13-19)32-17-5-16-29-32/h1-2,4-5,7-8,10-17H,3,6,9,18H2. The molecule has 0 N–H and O–H groups in total. The van der Waals surface area contributed by atoms with Crippen molar-refractivity contribution in [3.63, 3.8) is 0 Å². The van der Waals surface area contributed by atoms with Crippen molar-refractivity contribution in [1.29, 1.82) is 0 Å². The minimum atomic E-state index is -0.172. The summed E-state index contributed by atoms with van der Waals surface area (Å²) in [7, 11) is 0. The van der Waals surface area contributed by atoms with Gasteiger partial charge in [-0.25, -0.2) is 4.68 Å². The van der Waals surface area contributed by atoms with Crippen LogP contribution in [-0.2, 0) is 19.4 Å². The quantitative estimate of drug-likeness (QED) is 0.392. The average molecular weight is 459 g/mol. The van der Waals surface area contributed by atoms with Gasteiger partial charge in [0.2, 0.25) is 0 Å². The molecule has 0 saturated carbocycles. The van der Waals surface area contributed by atoms with Gasteiger partial charge in [-0.2, -0.15) is 20.0 Å². The third kappa shape index (κ3) is 3.19. The Morgan fingerprint density at radius 3 is 2.57 bits per heavy atom. The molecule has 0 spiro atoms. The van der Waals surface area contributed by atoms with Gasteiger partial charge in [-0.1, -0.05) is 42.5 Å². The van der Waals surface area contributed by atoms with E-state index in [9.17, 15) is 4.79 Å². The first-order valence-electron chi connectivity index (χ1n) is 11.8. The summed E-state index contributed by atoms with van der Waals surface area (Å²) in [5, 5.41) is 14.8. The second-order valence-corrected chi connectivity index (χ2v) is 8.97. The predicted molar refractivity (Wildman–Crippen MR) is 134 cm³/mol. The Balaban J connectivity index is 1.36. The second-order valence-electron chi connectivity index (χ2n) is 8.97. The van der Waals surface area contributed by atoms with E-state index >= 15 is 0 Å². The van der Waals surface area contributed by atoms with Crippen molar-refractivity contribution >= 4 is 10.9 Å². The zero-order valence-electron chi connectivity index (χ0n) is 19.0. The number of benzene rings is 3. The fraction of sp³-hybridized carbons (Fsp3) is 0.143. The van der Waals surface area contributed by atoms with Crippen molar-refractivity contribution in [2.75, 3.05) is 0 Å². The predicted octanol–water partition coefficient (Wildman–Crippen LogP) is 4.41. The Hall–Kier alpha value is -4.52. The van der Waals surface area contributed by atoms with Crippen LogP contribution in [0.4, 0.5) is 0 Å². The van der Waals surface area contributed by atoms with Gasteiger partial charge in [-0.15, -0.1) is 0 Å². The third-order valence-electron chi connectivity index (χ3n) is 6.86. The van der Waals surface area contributed by atoms with E-state index in [1.807, 2.05) is 70.2 Å². The highest BCUT2D eigenvalue weighted by Crippen LogP contribution is 2.30. The van der Waals surface area contributed by atoms with E-state index in [1.54, 1.807) is 10.9 Å². The molecule has 3 heterocycles. The number of hydrogen-bond donors (Lipinski definition) is 0. The van der Waals surface area contributed by atoms with Gasteiger partial charge in [0.25, 0.3) is 0 Å². The monoisotopic (exact) mass is 458 g/mol. The molecular formula is C28H22N6O. The van der Waals surface area contributed by atoms with E-state index in [4.69, 9.17) is 10.2 Å². The maximum absolute atomic E-state index is 13.6. The molecular weight excluding hydrogens is 436 g/mol. The fourth-order valence-electron chi connectivity index (χ4n) is 5.17. The SMILES string of the molecule is O=c1c2nn(Cc3ccc(-n4cccn4)cc3)c3ccccc3c-2nn1-c1cccc2c1CCC2. The summed E-state index contributed by atoms with van der Waals surface area (Å²) in [5.41, 5.74) is 7.32. The van der Waals surface area contributed by atoms with Crippen LogP contribution in [0, 0.1) is 0 Å². The molecule has 35 heavy (non-hydrogen) atoms. The smallest absolute Gasteiger partial charge is 0.265 e. The van der Waals surface area contributed by atoms with Crippen molar-refractivity contribution in [3.8, 4) is 22.8 Å². The van der Waals surface area contributed by atoms with Gasteiger partial charge in [0.1, 0.15) is 5.69 Å². The molecule has 2 aliphatic heterocycles. The normalized spacial score (nSPS) is 13.0. The lowest BCUT2D eigenvalue weighted by Gasteiger charge is -2.12. The number of fused-ring (bicyclic) bond motifs is 4. The molecule has 0 unspecified atom stereocenters. The molecule has 0 saturated heterocycles. The summed E-state index contributed by atoms with van der Waals surface area (Å²) >= 11 is 0. The Kier molecular flexibility index (Phi) is 4.42. The fourth-order valence-corrected chi connectivity index (χ4v) is 5.17. The molecule has 7 rings (SSSR count). The maximum Gasteiger partial charge on any atom is 0.301 e. The summed E-state index contributed by atoms with van der Waals surface area (Å²) in [6.45, 7) is 0.543. The number of para-hydroxylation sites is 1. The molecule has 4 aromatic rings. The van der Waals surface area contributed by atoms with Crippen LogP contribution in [0.15, 0.2) is 90.0 Å². The van der Waals surface area contributed by atoms with Crippen LogP contribution in [0.25, 0.3) is 33.7 Å².